The Bertz CT molecular complexity index is 909. The number of hydrogen-bond acceptors (Lipinski definition) is 4. The van der Waals surface area contributed by atoms with E-state index < -0.39 is 0 Å². The van der Waals surface area contributed by atoms with E-state index in [1.165, 1.54) is 0 Å². The highest BCUT2D eigenvalue weighted by Gasteiger charge is 2.13. The minimum atomic E-state index is 0.0387. The molecule has 0 fully saturated rings. The molecule has 0 bridgehead atoms. The lowest BCUT2D eigenvalue weighted by Crippen LogP contribution is -2.13. The van der Waals surface area contributed by atoms with Crippen LogP contribution in [0.3, 0.4) is 0 Å². The highest BCUT2D eigenvalue weighted by Crippen LogP contribution is 2.30. The molecule has 0 atom stereocenters. The van der Waals surface area contributed by atoms with Crippen LogP contribution in [0.25, 0.3) is 15.9 Å². The first-order valence-corrected chi connectivity index (χ1v) is 7.73. The van der Waals surface area contributed by atoms with Crippen molar-refractivity contribution in [3.8, 4) is 5.75 Å². The number of anilines is 2. The van der Waals surface area contributed by atoms with E-state index in [0.717, 1.165) is 40.3 Å². The van der Waals surface area contributed by atoms with Crippen molar-refractivity contribution in [3.63, 3.8) is 0 Å². The Morgan fingerprint density at radius 2 is 2.12 bits per heavy atom. The van der Waals surface area contributed by atoms with Crippen molar-refractivity contribution in [1.29, 1.82) is 0 Å². The molecule has 3 aromatic rings. The van der Waals surface area contributed by atoms with Gasteiger partial charge >= 0.3 is 6.73 Å². The van der Waals surface area contributed by atoms with Crippen LogP contribution >= 0.6 is 0 Å². The molecule has 0 aliphatic heterocycles. The van der Waals surface area contributed by atoms with Gasteiger partial charge < -0.3 is 14.2 Å². The lowest BCUT2D eigenvalue weighted by Gasteiger charge is -2.22. The Labute approximate surface area is 141 Å². The first kappa shape index (κ1) is 15.8. The van der Waals surface area contributed by atoms with Gasteiger partial charge in [0.15, 0.2) is 0 Å². The van der Waals surface area contributed by atoms with Crippen LogP contribution in [0.15, 0.2) is 36.8 Å². The number of benzene rings is 1. The molecule has 0 spiro atoms. The molecular formula is C18H19N5O. The molecule has 0 aliphatic rings. The maximum Gasteiger partial charge on any atom is 0.357 e. The second kappa shape index (κ2) is 6.59. The Balaban J connectivity index is 1.96. The van der Waals surface area contributed by atoms with Crippen molar-refractivity contribution in [2.24, 2.45) is 7.05 Å². The molecule has 0 saturated heterocycles. The molecule has 0 saturated carbocycles. The number of nitrogens with zero attached hydrogens (tertiary/aromatic N) is 5. The summed E-state index contributed by atoms with van der Waals surface area (Å²) in [5.41, 5.74) is 4.14. The third-order valence-electron chi connectivity index (χ3n) is 4.03. The van der Waals surface area contributed by atoms with Gasteiger partial charge in [0, 0.05) is 25.8 Å². The molecule has 2 aromatic heterocycles. The van der Waals surface area contributed by atoms with Gasteiger partial charge in [-0.3, -0.25) is 4.85 Å². The number of pyridine rings is 1. The average Bonchev–Trinajstić information content (AvgIpc) is 2.99. The summed E-state index contributed by atoms with van der Waals surface area (Å²) in [5.74, 6) is 1.57. The molecule has 6 nitrogen and oxygen atoms in total. The molecule has 0 radical (unpaired) electrons. The van der Waals surface area contributed by atoms with Crippen LogP contribution < -0.4 is 9.64 Å². The van der Waals surface area contributed by atoms with Gasteiger partial charge in [-0.05, 0) is 30.2 Å². The molecule has 0 amide bonds. The second-order valence-corrected chi connectivity index (χ2v) is 5.52. The fourth-order valence-corrected chi connectivity index (χ4v) is 2.70. The largest absolute Gasteiger partial charge is 0.426 e. The van der Waals surface area contributed by atoms with E-state index in [2.05, 4.69) is 26.6 Å². The highest BCUT2D eigenvalue weighted by molar-refractivity contribution is 5.79. The van der Waals surface area contributed by atoms with Crippen LogP contribution in [0.4, 0.5) is 11.5 Å². The maximum absolute atomic E-state index is 6.82. The number of ether oxygens (including phenoxy) is 1. The van der Waals surface area contributed by atoms with Crippen LogP contribution in [0.2, 0.25) is 0 Å². The van der Waals surface area contributed by atoms with Crippen LogP contribution in [0, 0.1) is 6.57 Å². The molecule has 0 aliphatic carbocycles. The zero-order valence-electron chi connectivity index (χ0n) is 14.0. The Kier molecular flexibility index (Phi) is 4.34. The van der Waals surface area contributed by atoms with E-state index in [9.17, 15) is 0 Å². The predicted molar refractivity (Wildman–Crippen MR) is 94.5 cm³/mol. The lowest BCUT2D eigenvalue weighted by molar-refractivity contribution is 0.361. The molecule has 0 unspecified atom stereocenters. The number of imidazole rings is 1. The zero-order valence-corrected chi connectivity index (χ0v) is 14.0. The summed E-state index contributed by atoms with van der Waals surface area (Å²) in [5, 5.41) is 0. The van der Waals surface area contributed by atoms with Crippen molar-refractivity contribution in [2.75, 3.05) is 18.7 Å². The van der Waals surface area contributed by atoms with Gasteiger partial charge in [0.05, 0.1) is 18.0 Å². The fraction of sp³-hybridized carbons (Fsp3) is 0.278. The number of fused-ring (bicyclic) bond motifs is 1. The van der Waals surface area contributed by atoms with E-state index in [0.29, 0.717) is 0 Å². The van der Waals surface area contributed by atoms with Gasteiger partial charge in [-0.2, -0.15) is 0 Å². The third-order valence-corrected chi connectivity index (χ3v) is 4.03. The van der Waals surface area contributed by atoms with E-state index in [1.807, 2.05) is 42.9 Å². The van der Waals surface area contributed by atoms with Crippen molar-refractivity contribution >= 4 is 22.5 Å². The number of aryl methyl sites for hydroxylation is 2. The van der Waals surface area contributed by atoms with Crippen LogP contribution in [0.1, 0.15) is 12.5 Å². The summed E-state index contributed by atoms with van der Waals surface area (Å²) in [6, 6.07) is 7.91. The summed E-state index contributed by atoms with van der Waals surface area (Å²) >= 11 is 0. The van der Waals surface area contributed by atoms with Gasteiger partial charge in [0.25, 0.3) is 0 Å². The third kappa shape index (κ3) is 2.88. The van der Waals surface area contributed by atoms with E-state index in [-0.39, 0.29) is 6.73 Å². The number of hydrogen-bond donors (Lipinski definition) is 0. The van der Waals surface area contributed by atoms with E-state index >= 15 is 0 Å². The van der Waals surface area contributed by atoms with Crippen LogP contribution in [-0.4, -0.2) is 28.3 Å². The van der Waals surface area contributed by atoms with Gasteiger partial charge in [0.1, 0.15) is 17.1 Å². The Morgan fingerprint density at radius 1 is 1.29 bits per heavy atom. The van der Waals surface area contributed by atoms with Gasteiger partial charge in [-0.1, -0.05) is 6.92 Å². The van der Waals surface area contributed by atoms with Crippen molar-refractivity contribution < 1.29 is 4.74 Å². The molecular weight excluding hydrogens is 302 g/mol. The summed E-state index contributed by atoms with van der Waals surface area (Å²) in [6.45, 7) is 8.96. The predicted octanol–water partition coefficient (Wildman–Crippen LogP) is 3.55. The van der Waals surface area contributed by atoms with Crippen LogP contribution in [0.5, 0.6) is 5.75 Å². The molecule has 1 aromatic carbocycles. The summed E-state index contributed by atoms with van der Waals surface area (Å²) < 4.78 is 7.38. The minimum Gasteiger partial charge on any atom is -0.426 e. The molecule has 24 heavy (non-hydrogen) atoms. The highest BCUT2D eigenvalue weighted by atomic mass is 16.5. The Hall–Kier alpha value is -3.07. The number of rotatable bonds is 5. The molecule has 122 valence electrons. The summed E-state index contributed by atoms with van der Waals surface area (Å²) in [4.78, 5) is 14.1. The summed E-state index contributed by atoms with van der Waals surface area (Å²) in [7, 11) is 3.97. The zero-order chi connectivity index (χ0) is 17.1. The first-order chi connectivity index (χ1) is 11.6. The smallest absolute Gasteiger partial charge is 0.357 e. The fourth-order valence-electron chi connectivity index (χ4n) is 2.70. The average molecular weight is 321 g/mol. The van der Waals surface area contributed by atoms with Crippen LogP contribution in [-0.2, 0) is 13.5 Å². The molecule has 3 rings (SSSR count). The van der Waals surface area contributed by atoms with Gasteiger partial charge in [-0.25, -0.2) is 16.5 Å². The first-order valence-electron chi connectivity index (χ1n) is 7.73. The topological polar surface area (TPSA) is 47.5 Å². The van der Waals surface area contributed by atoms with Crippen molar-refractivity contribution in [2.45, 2.75) is 13.3 Å². The normalized spacial score (nSPS) is 10.6. The van der Waals surface area contributed by atoms with Gasteiger partial charge in [-0.15, -0.1) is 0 Å². The monoisotopic (exact) mass is 321 g/mol. The maximum atomic E-state index is 6.82. The standard InChI is InChI=1S/C18H19N5O/c1-5-13-8-14(24-12-19-2)6-7-16(13)23(4)18-9-17-15(10-20-18)21-11-22(17)3/h6-11H,5,12H2,1,3-4H3. The van der Waals surface area contributed by atoms with E-state index in [4.69, 9.17) is 11.3 Å². The van der Waals surface area contributed by atoms with Crippen molar-refractivity contribution in [1.82, 2.24) is 14.5 Å². The van der Waals surface area contributed by atoms with Crippen molar-refractivity contribution in [3.05, 3.63) is 53.8 Å². The SMILES string of the molecule is [C-]#[N+]COc1ccc(N(C)c2cc3c(cn2)ncn3C)c(CC)c1. The lowest BCUT2D eigenvalue weighted by atomic mass is 10.1. The second-order valence-electron chi connectivity index (χ2n) is 5.52. The number of aromatic nitrogens is 3. The van der Waals surface area contributed by atoms with Gasteiger partial charge in [0.2, 0.25) is 0 Å². The van der Waals surface area contributed by atoms with E-state index in [1.54, 1.807) is 12.5 Å². The summed E-state index contributed by atoms with van der Waals surface area (Å²) in [6.07, 6.45) is 4.44. The molecule has 0 N–H and O–H groups in total. The Morgan fingerprint density at radius 3 is 2.88 bits per heavy atom. The molecule has 2 heterocycles. The molecule has 6 heteroatoms. The quantitative estimate of drug-likeness (QED) is 0.674. The minimum absolute atomic E-state index is 0.0387.